The lowest BCUT2D eigenvalue weighted by Crippen LogP contribution is -2.06. The maximum Gasteiger partial charge on any atom is 0.164 e. The van der Waals surface area contributed by atoms with Gasteiger partial charge in [-0.25, -0.2) is 15.0 Å². The molecular formula is C46H31N3O. The first-order valence-electron chi connectivity index (χ1n) is 16.8. The molecule has 8 aromatic rings. The topological polar surface area (TPSA) is 47.9 Å². The van der Waals surface area contributed by atoms with Crippen LogP contribution in [0.25, 0.3) is 78.7 Å². The summed E-state index contributed by atoms with van der Waals surface area (Å²) in [6, 6.07) is 60.8. The summed E-state index contributed by atoms with van der Waals surface area (Å²) in [6.45, 7) is 0.581. The van der Waals surface area contributed by atoms with E-state index in [-0.39, 0.29) is 0 Å². The van der Waals surface area contributed by atoms with Gasteiger partial charge in [0.15, 0.2) is 17.5 Å². The highest BCUT2D eigenvalue weighted by molar-refractivity contribution is 5.90. The summed E-state index contributed by atoms with van der Waals surface area (Å²) in [4.78, 5) is 15.3. The number of aromatic nitrogens is 3. The van der Waals surface area contributed by atoms with Crippen LogP contribution in [0.2, 0.25) is 0 Å². The van der Waals surface area contributed by atoms with E-state index >= 15 is 0 Å². The molecule has 50 heavy (non-hydrogen) atoms. The van der Waals surface area contributed by atoms with Gasteiger partial charge < -0.3 is 4.74 Å². The van der Waals surface area contributed by atoms with E-state index < -0.39 is 0 Å². The van der Waals surface area contributed by atoms with Crippen LogP contribution in [0.15, 0.2) is 176 Å². The fourth-order valence-corrected chi connectivity index (χ4v) is 6.78. The molecule has 236 valence electrons. The lowest BCUT2D eigenvalue weighted by Gasteiger charge is -2.23. The molecule has 0 saturated heterocycles. The average molecular weight is 642 g/mol. The second kappa shape index (κ2) is 12.8. The average Bonchev–Trinajstić information content (AvgIpc) is 3.21. The first kappa shape index (κ1) is 29.5. The van der Waals surface area contributed by atoms with Crippen LogP contribution >= 0.6 is 0 Å². The minimum absolute atomic E-state index is 0.581. The van der Waals surface area contributed by atoms with Gasteiger partial charge in [0.1, 0.15) is 12.4 Å². The Kier molecular flexibility index (Phi) is 7.52. The molecule has 0 radical (unpaired) electrons. The molecule has 0 amide bonds. The van der Waals surface area contributed by atoms with Crippen molar-refractivity contribution in [2.45, 2.75) is 6.61 Å². The van der Waals surface area contributed by atoms with Gasteiger partial charge in [-0.15, -0.1) is 0 Å². The molecule has 7 aromatic carbocycles. The molecule has 1 aromatic heterocycles. The van der Waals surface area contributed by atoms with Crippen LogP contribution in [0.5, 0.6) is 5.75 Å². The smallest absolute Gasteiger partial charge is 0.164 e. The Morgan fingerprint density at radius 2 is 0.860 bits per heavy atom. The number of nitrogens with zero attached hydrogens (tertiary/aromatic N) is 3. The van der Waals surface area contributed by atoms with Crippen LogP contribution in [0.3, 0.4) is 0 Å². The van der Waals surface area contributed by atoms with E-state index in [9.17, 15) is 0 Å². The van der Waals surface area contributed by atoms with E-state index in [0.717, 1.165) is 61.4 Å². The van der Waals surface area contributed by atoms with E-state index in [1.165, 1.54) is 11.1 Å². The third kappa shape index (κ3) is 5.53. The lowest BCUT2D eigenvalue weighted by atomic mass is 9.89. The summed E-state index contributed by atoms with van der Waals surface area (Å²) in [7, 11) is 0. The van der Waals surface area contributed by atoms with Crippen molar-refractivity contribution in [3.63, 3.8) is 0 Å². The zero-order valence-electron chi connectivity index (χ0n) is 27.2. The van der Waals surface area contributed by atoms with Crippen LogP contribution < -0.4 is 4.74 Å². The van der Waals surface area contributed by atoms with Gasteiger partial charge in [-0.3, -0.25) is 0 Å². The SMILES string of the molecule is c1ccc(-c2cccc(-c3nc(-c4ccc(-c5cccc6c5-c5ccccc5CO6)cc4)nc(-c4ccccc4-c4ccccc4)n3)c2)cc1. The van der Waals surface area contributed by atoms with Gasteiger partial charge in [-0.2, -0.15) is 0 Å². The summed E-state index contributed by atoms with van der Waals surface area (Å²) in [6.07, 6.45) is 0. The summed E-state index contributed by atoms with van der Waals surface area (Å²) in [5.74, 6) is 2.78. The standard InChI is InChI=1S/C46H31N3O/c1-3-13-31(14-4-1)35-18-11-19-36(29-35)45-47-44(48-46(49-45)41-22-10-9-20-38(41)32-15-5-2-6-16-32)34-27-25-33(26-28-34)39-23-12-24-42-43(39)40-21-8-7-17-37(40)30-50-42/h1-29H,30H2. The molecule has 0 atom stereocenters. The quantitative estimate of drug-likeness (QED) is 0.181. The van der Waals surface area contributed by atoms with Crippen LogP contribution in [-0.2, 0) is 6.61 Å². The Hall–Kier alpha value is -6.65. The van der Waals surface area contributed by atoms with Crippen molar-refractivity contribution in [3.05, 3.63) is 181 Å². The number of rotatable bonds is 6. The van der Waals surface area contributed by atoms with E-state index in [1.54, 1.807) is 0 Å². The Balaban J connectivity index is 1.17. The van der Waals surface area contributed by atoms with Crippen molar-refractivity contribution in [2.24, 2.45) is 0 Å². The number of fused-ring (bicyclic) bond motifs is 3. The van der Waals surface area contributed by atoms with Gasteiger partial charge in [0.25, 0.3) is 0 Å². The minimum atomic E-state index is 0.581. The summed E-state index contributed by atoms with van der Waals surface area (Å²) in [5, 5.41) is 0. The van der Waals surface area contributed by atoms with Gasteiger partial charge in [-0.05, 0) is 56.6 Å². The summed E-state index contributed by atoms with van der Waals surface area (Å²) >= 11 is 0. The molecule has 4 heteroatoms. The van der Waals surface area contributed by atoms with Crippen molar-refractivity contribution >= 4 is 0 Å². The fraction of sp³-hybridized carbons (Fsp3) is 0.0217. The Morgan fingerprint density at radius 1 is 0.340 bits per heavy atom. The molecule has 0 fully saturated rings. The molecule has 0 unspecified atom stereocenters. The Labute approximate surface area is 291 Å². The van der Waals surface area contributed by atoms with E-state index in [0.29, 0.717) is 24.1 Å². The molecule has 9 rings (SSSR count). The maximum atomic E-state index is 6.17. The van der Waals surface area contributed by atoms with Gasteiger partial charge in [0.2, 0.25) is 0 Å². The molecule has 4 nitrogen and oxygen atoms in total. The summed E-state index contributed by atoms with van der Waals surface area (Å²) < 4.78 is 6.17. The largest absolute Gasteiger partial charge is 0.488 e. The molecule has 0 aliphatic carbocycles. The van der Waals surface area contributed by atoms with Crippen molar-refractivity contribution in [3.8, 4) is 84.4 Å². The highest BCUT2D eigenvalue weighted by Crippen LogP contribution is 2.44. The monoisotopic (exact) mass is 641 g/mol. The first-order valence-corrected chi connectivity index (χ1v) is 16.8. The van der Waals surface area contributed by atoms with Crippen molar-refractivity contribution in [1.29, 1.82) is 0 Å². The second-order valence-corrected chi connectivity index (χ2v) is 12.4. The molecule has 0 N–H and O–H groups in total. The maximum absolute atomic E-state index is 6.17. The molecular weight excluding hydrogens is 611 g/mol. The van der Waals surface area contributed by atoms with Crippen molar-refractivity contribution < 1.29 is 4.74 Å². The van der Waals surface area contributed by atoms with E-state index in [2.05, 4.69) is 158 Å². The molecule has 0 saturated carbocycles. The number of benzene rings is 7. The lowest BCUT2D eigenvalue weighted by molar-refractivity contribution is 0.302. The predicted molar refractivity (Wildman–Crippen MR) is 202 cm³/mol. The molecule has 2 heterocycles. The second-order valence-electron chi connectivity index (χ2n) is 12.4. The van der Waals surface area contributed by atoms with E-state index in [4.69, 9.17) is 19.7 Å². The normalized spacial score (nSPS) is 11.7. The van der Waals surface area contributed by atoms with Crippen LogP contribution in [0.4, 0.5) is 0 Å². The third-order valence-corrected chi connectivity index (χ3v) is 9.27. The van der Waals surface area contributed by atoms with Crippen LogP contribution in [0, 0.1) is 0 Å². The molecule has 1 aliphatic heterocycles. The van der Waals surface area contributed by atoms with Gasteiger partial charge in [-0.1, -0.05) is 164 Å². The zero-order chi connectivity index (χ0) is 33.3. The van der Waals surface area contributed by atoms with Crippen LogP contribution in [-0.4, -0.2) is 15.0 Å². The predicted octanol–water partition coefficient (Wildman–Crippen LogP) is 11.4. The van der Waals surface area contributed by atoms with Gasteiger partial charge >= 0.3 is 0 Å². The summed E-state index contributed by atoms with van der Waals surface area (Å²) in [5.41, 5.74) is 13.0. The number of hydrogen-bond donors (Lipinski definition) is 0. The van der Waals surface area contributed by atoms with Crippen molar-refractivity contribution in [2.75, 3.05) is 0 Å². The highest BCUT2D eigenvalue weighted by atomic mass is 16.5. The van der Waals surface area contributed by atoms with Crippen molar-refractivity contribution in [1.82, 2.24) is 15.0 Å². The highest BCUT2D eigenvalue weighted by Gasteiger charge is 2.21. The molecule has 0 bridgehead atoms. The zero-order valence-corrected chi connectivity index (χ0v) is 27.2. The van der Waals surface area contributed by atoms with Crippen LogP contribution in [0.1, 0.15) is 5.56 Å². The third-order valence-electron chi connectivity index (χ3n) is 9.27. The van der Waals surface area contributed by atoms with Gasteiger partial charge in [0, 0.05) is 22.3 Å². The number of ether oxygens (including phenoxy) is 1. The first-order chi connectivity index (χ1) is 24.8. The fourth-order valence-electron chi connectivity index (χ4n) is 6.78. The van der Waals surface area contributed by atoms with E-state index in [1.807, 2.05) is 18.2 Å². The molecule has 1 aliphatic rings. The van der Waals surface area contributed by atoms with Gasteiger partial charge in [0.05, 0.1) is 0 Å². The molecule has 0 spiro atoms. The number of hydrogen-bond acceptors (Lipinski definition) is 4. The Morgan fingerprint density at radius 3 is 1.64 bits per heavy atom. The minimum Gasteiger partial charge on any atom is -0.488 e. The Bertz CT molecular complexity index is 2470.